The van der Waals surface area contributed by atoms with Gasteiger partial charge >= 0.3 is 0 Å². The summed E-state index contributed by atoms with van der Waals surface area (Å²) >= 11 is 13.9. The Morgan fingerprint density at radius 3 is 2.59 bits per heavy atom. The van der Waals surface area contributed by atoms with Crippen LogP contribution in [0.25, 0.3) is 6.08 Å². The third-order valence-corrected chi connectivity index (χ3v) is 7.35. The number of carbonyl (C=O) groups is 1. The number of rotatable bonds is 4. The summed E-state index contributed by atoms with van der Waals surface area (Å²) < 4.78 is 0. The Morgan fingerprint density at radius 1 is 1.10 bits per heavy atom. The Morgan fingerprint density at radius 2 is 1.86 bits per heavy atom. The molecule has 0 spiro atoms. The van der Waals surface area contributed by atoms with E-state index in [0.717, 1.165) is 17.7 Å². The summed E-state index contributed by atoms with van der Waals surface area (Å²) in [6, 6.07) is 15.7. The fourth-order valence-electron chi connectivity index (χ4n) is 4.13. The maximum atomic E-state index is 13.5. The summed E-state index contributed by atoms with van der Waals surface area (Å²) in [6.07, 6.45) is 6.52. The SMILES string of the molecule is C[C@@H]1CCCC[C@H]1N1C(=O)/C(=C/c2ccc(Cl)cc2Cl)SC1Nc1ccccc1. The van der Waals surface area contributed by atoms with Gasteiger partial charge in [0.05, 0.1) is 4.91 Å². The molecule has 3 nitrogen and oxygen atoms in total. The molecule has 6 heteroatoms. The van der Waals surface area contributed by atoms with Crippen molar-refractivity contribution in [1.29, 1.82) is 0 Å². The van der Waals surface area contributed by atoms with Crippen LogP contribution in [-0.4, -0.2) is 22.3 Å². The largest absolute Gasteiger partial charge is 0.356 e. The van der Waals surface area contributed by atoms with E-state index < -0.39 is 0 Å². The summed E-state index contributed by atoms with van der Waals surface area (Å²) in [5, 5.41) is 4.69. The minimum Gasteiger partial charge on any atom is -0.356 e. The molecule has 29 heavy (non-hydrogen) atoms. The molecule has 1 saturated carbocycles. The summed E-state index contributed by atoms with van der Waals surface area (Å²) in [7, 11) is 0. The molecular formula is C23H24Cl2N2OS. The van der Waals surface area contributed by atoms with E-state index >= 15 is 0 Å². The number of anilines is 1. The fourth-order valence-corrected chi connectivity index (χ4v) is 5.79. The van der Waals surface area contributed by atoms with Gasteiger partial charge in [-0.1, -0.05) is 79.0 Å². The molecule has 0 radical (unpaired) electrons. The van der Waals surface area contributed by atoms with Crippen molar-refractivity contribution in [2.75, 3.05) is 5.32 Å². The number of carbonyl (C=O) groups excluding carboxylic acids is 1. The molecule has 0 aromatic heterocycles. The van der Waals surface area contributed by atoms with Crippen LogP contribution in [-0.2, 0) is 4.79 Å². The molecule has 1 amide bonds. The summed E-state index contributed by atoms with van der Waals surface area (Å²) in [5.74, 6) is 0.569. The highest BCUT2D eigenvalue weighted by Gasteiger charge is 2.42. The van der Waals surface area contributed by atoms with Gasteiger partial charge in [0.25, 0.3) is 5.91 Å². The lowest BCUT2D eigenvalue weighted by Crippen LogP contribution is -2.48. The first-order valence-electron chi connectivity index (χ1n) is 10.0. The standard InChI is InChI=1S/C23H24Cl2N2OS/c1-15-7-5-6-10-20(15)27-22(28)21(13-16-11-12-17(24)14-19(16)25)29-23(27)26-18-8-3-2-4-9-18/h2-4,8-9,11-15,20,23,26H,5-7,10H2,1H3/b21-13-/t15-,20-,23?/m1/s1. The minimum atomic E-state index is -0.132. The first-order chi connectivity index (χ1) is 14.0. The van der Waals surface area contributed by atoms with Crippen LogP contribution < -0.4 is 5.32 Å². The average molecular weight is 447 g/mol. The molecule has 2 aromatic rings. The molecule has 1 saturated heterocycles. The maximum Gasteiger partial charge on any atom is 0.262 e. The fraction of sp³-hybridized carbons (Fsp3) is 0.348. The number of benzene rings is 2. The first kappa shape index (κ1) is 20.6. The molecule has 3 atom stereocenters. The molecule has 1 aliphatic heterocycles. The van der Waals surface area contributed by atoms with E-state index in [1.807, 2.05) is 42.5 Å². The summed E-state index contributed by atoms with van der Waals surface area (Å²) in [5.41, 5.74) is 1.69. The molecule has 1 aliphatic carbocycles. The van der Waals surface area contributed by atoms with Gasteiger partial charge in [-0.25, -0.2) is 0 Å². The predicted octanol–water partition coefficient (Wildman–Crippen LogP) is 6.88. The highest BCUT2D eigenvalue weighted by Crippen LogP contribution is 2.42. The number of hydrogen-bond donors (Lipinski definition) is 1. The van der Waals surface area contributed by atoms with Gasteiger partial charge in [-0.2, -0.15) is 0 Å². The molecule has 0 bridgehead atoms. The van der Waals surface area contributed by atoms with Gasteiger partial charge in [0.15, 0.2) is 5.50 Å². The van der Waals surface area contributed by atoms with Crippen LogP contribution >= 0.6 is 35.0 Å². The smallest absolute Gasteiger partial charge is 0.262 e. The molecule has 1 unspecified atom stereocenters. The molecular weight excluding hydrogens is 423 g/mol. The van der Waals surface area contributed by atoms with Gasteiger partial charge in [0.2, 0.25) is 0 Å². The van der Waals surface area contributed by atoms with Crippen molar-refractivity contribution in [2.45, 2.75) is 44.1 Å². The molecule has 2 aliphatic rings. The number of hydrogen-bond acceptors (Lipinski definition) is 3. The Bertz CT molecular complexity index is 918. The molecule has 4 rings (SSSR count). The van der Waals surface area contributed by atoms with Crippen molar-refractivity contribution >= 4 is 52.6 Å². The lowest BCUT2D eigenvalue weighted by atomic mass is 9.85. The van der Waals surface area contributed by atoms with Crippen LogP contribution in [0.5, 0.6) is 0 Å². The van der Waals surface area contributed by atoms with E-state index in [9.17, 15) is 4.79 Å². The number of para-hydroxylation sites is 1. The van der Waals surface area contributed by atoms with E-state index in [2.05, 4.69) is 17.1 Å². The van der Waals surface area contributed by atoms with Gasteiger partial charge in [-0.15, -0.1) is 0 Å². The van der Waals surface area contributed by atoms with Crippen LogP contribution in [0.2, 0.25) is 10.0 Å². The Balaban J connectivity index is 1.66. The Kier molecular flexibility index (Phi) is 6.43. The second kappa shape index (κ2) is 9.03. The van der Waals surface area contributed by atoms with Gasteiger partial charge in [0, 0.05) is 21.8 Å². The van der Waals surface area contributed by atoms with Gasteiger partial charge in [0.1, 0.15) is 0 Å². The zero-order valence-electron chi connectivity index (χ0n) is 16.3. The maximum absolute atomic E-state index is 13.5. The van der Waals surface area contributed by atoms with E-state index in [0.29, 0.717) is 20.9 Å². The van der Waals surface area contributed by atoms with Crippen molar-refractivity contribution in [1.82, 2.24) is 4.90 Å². The van der Waals surface area contributed by atoms with E-state index in [4.69, 9.17) is 23.2 Å². The summed E-state index contributed by atoms with van der Waals surface area (Å²) in [4.78, 5) is 16.2. The van der Waals surface area contributed by atoms with Crippen LogP contribution in [0.1, 0.15) is 38.2 Å². The summed E-state index contributed by atoms with van der Waals surface area (Å²) in [6.45, 7) is 2.26. The van der Waals surface area contributed by atoms with Crippen LogP contribution in [0.15, 0.2) is 53.4 Å². The third kappa shape index (κ3) is 4.60. The highest BCUT2D eigenvalue weighted by molar-refractivity contribution is 8.05. The highest BCUT2D eigenvalue weighted by atomic mass is 35.5. The number of halogens is 2. The lowest BCUT2D eigenvalue weighted by molar-refractivity contribution is -0.129. The minimum absolute atomic E-state index is 0.0770. The van der Waals surface area contributed by atoms with Crippen molar-refractivity contribution in [3.05, 3.63) is 69.0 Å². The average Bonchev–Trinajstić information content (AvgIpc) is 3.00. The van der Waals surface area contributed by atoms with Gasteiger partial charge in [-0.05, 0) is 54.7 Å². The lowest BCUT2D eigenvalue weighted by Gasteiger charge is -2.39. The Hall–Kier alpha value is -1.62. The van der Waals surface area contributed by atoms with E-state index in [1.165, 1.54) is 19.3 Å². The van der Waals surface area contributed by atoms with Crippen molar-refractivity contribution < 1.29 is 4.79 Å². The number of amides is 1. The first-order valence-corrected chi connectivity index (χ1v) is 11.6. The normalized spacial score (nSPS) is 26.2. The zero-order valence-corrected chi connectivity index (χ0v) is 18.6. The molecule has 2 aromatic carbocycles. The van der Waals surface area contributed by atoms with Gasteiger partial charge in [-0.3, -0.25) is 4.79 Å². The van der Waals surface area contributed by atoms with Crippen molar-refractivity contribution in [3.8, 4) is 0 Å². The van der Waals surface area contributed by atoms with E-state index in [-0.39, 0.29) is 17.4 Å². The Labute approximate surface area is 186 Å². The topological polar surface area (TPSA) is 32.3 Å². The second-order valence-corrected chi connectivity index (χ2v) is 9.66. The number of nitrogens with one attached hydrogen (secondary N) is 1. The molecule has 1 N–H and O–H groups in total. The predicted molar refractivity (Wildman–Crippen MR) is 124 cm³/mol. The zero-order chi connectivity index (χ0) is 20.4. The monoisotopic (exact) mass is 446 g/mol. The number of nitrogens with zero attached hydrogens (tertiary/aromatic N) is 1. The second-order valence-electron chi connectivity index (χ2n) is 7.70. The molecule has 152 valence electrons. The third-order valence-electron chi connectivity index (χ3n) is 5.67. The van der Waals surface area contributed by atoms with Crippen molar-refractivity contribution in [2.24, 2.45) is 5.92 Å². The van der Waals surface area contributed by atoms with Crippen LogP contribution in [0.4, 0.5) is 5.69 Å². The van der Waals surface area contributed by atoms with Crippen LogP contribution in [0, 0.1) is 5.92 Å². The molecule has 1 heterocycles. The van der Waals surface area contributed by atoms with Crippen LogP contribution in [0.3, 0.4) is 0 Å². The van der Waals surface area contributed by atoms with Crippen molar-refractivity contribution in [3.63, 3.8) is 0 Å². The molecule has 2 fully saturated rings. The number of thioether (sulfide) groups is 1. The quantitative estimate of drug-likeness (QED) is 0.519. The van der Waals surface area contributed by atoms with E-state index in [1.54, 1.807) is 23.9 Å². The van der Waals surface area contributed by atoms with Gasteiger partial charge < -0.3 is 10.2 Å².